The molecule has 2 saturated heterocycles. The lowest BCUT2D eigenvalue weighted by Gasteiger charge is -2.56. The number of Topliss-reactive ketones (excluding diaryl/α,β-unsaturated/α-hetero) is 1. The van der Waals surface area contributed by atoms with Crippen LogP contribution in [0.4, 0.5) is 5.69 Å². The molecule has 3 aliphatic rings. The maximum atomic E-state index is 14.7. The Balaban J connectivity index is 1.26. The Hall–Kier alpha value is -2.57. The van der Waals surface area contributed by atoms with Gasteiger partial charge in [-0.25, -0.2) is 0 Å². The Kier molecular flexibility index (Phi) is 10.1. The summed E-state index contributed by atoms with van der Waals surface area (Å²) in [6.45, 7) is 2.82. The highest BCUT2D eigenvalue weighted by Gasteiger charge is 2.56. The van der Waals surface area contributed by atoms with Gasteiger partial charge in [-0.2, -0.15) is 0 Å². The first-order valence-corrected chi connectivity index (χ1v) is 17.6. The zero-order valence-corrected chi connectivity index (χ0v) is 28.5. The van der Waals surface area contributed by atoms with Crippen LogP contribution in [0.25, 0.3) is 10.1 Å². The summed E-state index contributed by atoms with van der Waals surface area (Å²) in [4.78, 5) is 46.0. The van der Waals surface area contributed by atoms with Crippen LogP contribution in [0.2, 0.25) is 10.0 Å². The van der Waals surface area contributed by atoms with Gasteiger partial charge in [-0.1, -0.05) is 41.4 Å². The highest BCUT2D eigenvalue weighted by Crippen LogP contribution is 2.39. The molecule has 3 heterocycles. The van der Waals surface area contributed by atoms with E-state index in [2.05, 4.69) is 20.0 Å². The van der Waals surface area contributed by atoms with Gasteiger partial charge in [-0.05, 0) is 76.4 Å². The first-order chi connectivity index (χ1) is 22.1. The van der Waals surface area contributed by atoms with Gasteiger partial charge in [-0.3, -0.25) is 24.2 Å². The van der Waals surface area contributed by atoms with E-state index in [-0.39, 0.29) is 35.2 Å². The van der Waals surface area contributed by atoms with Gasteiger partial charge in [0.15, 0.2) is 5.78 Å². The number of likely N-dealkylation sites (N-methyl/N-ethyl adjacent to an activating group) is 1. The number of aliphatic carboxylic acids is 1. The average Bonchev–Trinajstić information content (AvgIpc) is 3.69. The summed E-state index contributed by atoms with van der Waals surface area (Å²) < 4.78 is 7.96. The first-order valence-electron chi connectivity index (χ1n) is 15.9. The molecule has 2 aromatic carbocycles. The topological polar surface area (TPSA) is 102 Å². The van der Waals surface area contributed by atoms with E-state index in [0.29, 0.717) is 66.7 Å². The monoisotopic (exact) mass is 686 g/mol. The second kappa shape index (κ2) is 13.9. The van der Waals surface area contributed by atoms with Gasteiger partial charge in [-0.15, -0.1) is 11.3 Å². The van der Waals surface area contributed by atoms with Crippen molar-refractivity contribution < 1.29 is 24.2 Å². The highest BCUT2D eigenvalue weighted by molar-refractivity contribution is 7.17. The van der Waals surface area contributed by atoms with Crippen molar-refractivity contribution in [3.63, 3.8) is 0 Å². The lowest BCUT2D eigenvalue weighted by atomic mass is 9.87. The number of thiophene rings is 1. The zero-order chi connectivity index (χ0) is 32.6. The van der Waals surface area contributed by atoms with E-state index < -0.39 is 11.8 Å². The Morgan fingerprint density at radius 1 is 1.02 bits per heavy atom. The van der Waals surface area contributed by atoms with Crippen molar-refractivity contribution in [2.75, 3.05) is 45.6 Å². The van der Waals surface area contributed by atoms with Gasteiger partial charge in [0.25, 0.3) is 5.91 Å². The van der Waals surface area contributed by atoms with E-state index >= 15 is 0 Å². The fraction of sp³-hybridized carbons (Fsp3) is 0.500. The number of amides is 1. The Morgan fingerprint density at radius 2 is 1.72 bits per heavy atom. The average molecular weight is 688 g/mol. The number of benzene rings is 2. The summed E-state index contributed by atoms with van der Waals surface area (Å²) in [6.07, 6.45) is 3.93. The summed E-state index contributed by atoms with van der Waals surface area (Å²) in [5, 5.41) is 15.7. The van der Waals surface area contributed by atoms with Gasteiger partial charge >= 0.3 is 5.97 Å². The van der Waals surface area contributed by atoms with Crippen LogP contribution in [0.1, 0.15) is 54.4 Å². The molecule has 1 aliphatic carbocycles. The number of ketones is 1. The van der Waals surface area contributed by atoms with Gasteiger partial charge in [0.2, 0.25) is 5.85 Å². The molecule has 0 radical (unpaired) electrons. The van der Waals surface area contributed by atoms with E-state index in [0.717, 1.165) is 36.0 Å². The summed E-state index contributed by atoms with van der Waals surface area (Å²) in [5.41, 5.74) is 1.49. The number of ether oxygens (including phenoxy) is 1. The molecule has 6 rings (SSSR count). The maximum Gasteiger partial charge on any atom is 0.306 e. The van der Waals surface area contributed by atoms with Gasteiger partial charge in [0, 0.05) is 59.1 Å². The minimum absolute atomic E-state index is 0.00789. The van der Waals surface area contributed by atoms with E-state index in [9.17, 15) is 19.5 Å². The number of nitrogens with one attached hydrogen (secondary N) is 1. The number of carbonyl (C=O) groups excluding carboxylic acids is 2. The first kappa shape index (κ1) is 33.3. The number of carboxylic acid groups (broad SMARTS) is 1. The Labute approximate surface area is 283 Å². The predicted octanol–water partition coefficient (Wildman–Crippen LogP) is 6.23. The van der Waals surface area contributed by atoms with Crippen molar-refractivity contribution in [3.05, 3.63) is 63.0 Å². The summed E-state index contributed by atoms with van der Waals surface area (Å²) >= 11 is 15.0. The fourth-order valence-electron chi connectivity index (χ4n) is 6.93. The smallest absolute Gasteiger partial charge is 0.306 e. The van der Waals surface area contributed by atoms with Crippen molar-refractivity contribution in [2.24, 2.45) is 5.92 Å². The number of nitrogens with zero attached hydrogens (tertiary/aromatic N) is 3. The SMILES string of the molecule is CN(C)C1CN(C(O[C@H]2CC[C@H](C(=O)O)CC2)(C(=O)Cc2cc(Cl)c(NC(=O)c3csc4ccccc34)cc2Cl)N2CCCC2)C1. The quantitative estimate of drug-likeness (QED) is 0.245. The number of fused-ring (bicyclic) bond motifs is 1. The van der Waals surface area contributed by atoms with Crippen molar-refractivity contribution in [1.82, 2.24) is 14.7 Å². The Morgan fingerprint density at radius 3 is 2.39 bits per heavy atom. The number of carboxylic acids is 1. The molecule has 1 saturated carbocycles. The molecular formula is C34H40Cl2N4O5S. The van der Waals surface area contributed by atoms with Crippen molar-refractivity contribution in [2.45, 2.75) is 62.9 Å². The lowest BCUT2D eigenvalue weighted by Crippen LogP contribution is -2.75. The fourth-order valence-corrected chi connectivity index (χ4v) is 8.33. The molecule has 246 valence electrons. The van der Waals surface area contributed by atoms with Crippen LogP contribution >= 0.6 is 34.5 Å². The standard InChI is InChI=1S/C34H40Cl2N4O5S/c1-38(2)23-18-40(19-23)34(39-13-5-6-14-39,45-24-11-9-21(10-12-24)33(43)44)31(41)16-22-15-28(36)29(17-27(22)35)37-32(42)26-20-46-30-8-4-3-7-25(26)30/h3-4,7-8,15,17,20-21,23-24H,5-6,9-14,16,18-19H2,1-2H3,(H,37,42)(H,43,44)/t21-,24-,34?. The molecule has 1 amide bonds. The van der Waals surface area contributed by atoms with Crippen LogP contribution in [0, 0.1) is 5.92 Å². The number of rotatable bonds is 11. The number of hydrogen-bond acceptors (Lipinski definition) is 8. The van der Waals surface area contributed by atoms with Crippen LogP contribution in [0.5, 0.6) is 0 Å². The minimum atomic E-state index is -1.29. The van der Waals surface area contributed by atoms with Crippen molar-refractivity contribution >= 4 is 68.0 Å². The third-order valence-corrected chi connectivity index (χ3v) is 11.4. The summed E-state index contributed by atoms with van der Waals surface area (Å²) in [6, 6.07) is 11.3. The summed E-state index contributed by atoms with van der Waals surface area (Å²) in [5.74, 6) is -2.84. The number of halogens is 2. The number of carbonyl (C=O) groups is 3. The molecule has 0 spiro atoms. The molecule has 1 aromatic heterocycles. The predicted molar refractivity (Wildman–Crippen MR) is 182 cm³/mol. The van der Waals surface area contributed by atoms with Crippen molar-refractivity contribution in [3.8, 4) is 0 Å². The second-order valence-corrected chi connectivity index (χ2v) is 14.6. The van der Waals surface area contributed by atoms with Crippen LogP contribution < -0.4 is 5.32 Å². The largest absolute Gasteiger partial charge is 0.481 e. The number of anilines is 1. The molecule has 46 heavy (non-hydrogen) atoms. The molecule has 1 unspecified atom stereocenters. The second-order valence-electron chi connectivity index (χ2n) is 12.9. The zero-order valence-electron chi connectivity index (χ0n) is 26.1. The molecular weight excluding hydrogens is 647 g/mol. The van der Waals surface area contributed by atoms with Crippen LogP contribution in [-0.2, 0) is 20.7 Å². The van der Waals surface area contributed by atoms with Gasteiger partial charge < -0.3 is 20.1 Å². The van der Waals surface area contributed by atoms with Crippen molar-refractivity contribution in [1.29, 1.82) is 0 Å². The minimum Gasteiger partial charge on any atom is -0.481 e. The molecule has 1 atom stereocenters. The summed E-state index contributed by atoms with van der Waals surface area (Å²) in [7, 11) is 4.08. The molecule has 2 N–H and O–H groups in total. The van der Waals surface area contributed by atoms with Crippen LogP contribution in [0.15, 0.2) is 41.8 Å². The molecule has 12 heteroatoms. The van der Waals surface area contributed by atoms with E-state index in [4.69, 9.17) is 27.9 Å². The van der Waals surface area contributed by atoms with Crippen LogP contribution in [-0.4, -0.2) is 95.7 Å². The normalized spacial score (nSPS) is 22.5. The van der Waals surface area contributed by atoms with E-state index in [1.807, 2.05) is 43.7 Å². The molecule has 9 nitrogen and oxygen atoms in total. The Bertz CT molecular complexity index is 1610. The highest BCUT2D eigenvalue weighted by atomic mass is 35.5. The lowest BCUT2D eigenvalue weighted by molar-refractivity contribution is -0.275. The molecule has 0 bridgehead atoms. The molecule has 2 aliphatic heterocycles. The van der Waals surface area contributed by atoms with E-state index in [1.54, 1.807) is 12.1 Å². The number of likely N-dealkylation sites (tertiary alicyclic amines) is 2. The van der Waals surface area contributed by atoms with Gasteiger partial charge in [0.05, 0.1) is 28.3 Å². The molecule has 3 fully saturated rings. The number of hydrogen-bond donors (Lipinski definition) is 2. The van der Waals surface area contributed by atoms with Crippen LogP contribution in [0.3, 0.4) is 0 Å². The maximum absolute atomic E-state index is 14.7. The van der Waals surface area contributed by atoms with E-state index in [1.165, 1.54) is 11.3 Å². The van der Waals surface area contributed by atoms with Gasteiger partial charge in [0.1, 0.15) is 0 Å². The third kappa shape index (κ3) is 6.58. The molecule has 3 aromatic rings. The third-order valence-electron chi connectivity index (χ3n) is 9.73.